The van der Waals surface area contributed by atoms with Crippen molar-refractivity contribution in [3.05, 3.63) is 125 Å². The van der Waals surface area contributed by atoms with Crippen LogP contribution in [0.4, 0.5) is 5.69 Å². The molecule has 4 heteroatoms. The highest BCUT2D eigenvalue weighted by Gasteiger charge is 2.28. The van der Waals surface area contributed by atoms with Crippen LogP contribution in [-0.2, 0) is 6.54 Å². The van der Waals surface area contributed by atoms with Gasteiger partial charge in [-0.2, -0.15) is 0 Å². The number of hydrogen-bond donors (Lipinski definition) is 1. The number of aromatic nitrogens is 1. The van der Waals surface area contributed by atoms with E-state index in [1.165, 1.54) is 0 Å². The van der Waals surface area contributed by atoms with Gasteiger partial charge in [0.15, 0.2) is 11.6 Å². The summed E-state index contributed by atoms with van der Waals surface area (Å²) in [6, 6.07) is 27.6. The first-order valence-corrected chi connectivity index (χ1v) is 9.94. The van der Waals surface area contributed by atoms with Crippen LogP contribution >= 0.6 is 0 Å². The maximum absolute atomic E-state index is 13.4. The first-order chi connectivity index (χ1) is 14.7. The molecule has 1 aromatic heterocycles. The van der Waals surface area contributed by atoms with Crippen molar-refractivity contribution in [1.29, 1.82) is 0 Å². The monoisotopic (exact) mass is 392 g/mol. The summed E-state index contributed by atoms with van der Waals surface area (Å²) in [5, 5.41) is 3.43. The molecule has 3 aromatic carbocycles. The summed E-state index contributed by atoms with van der Waals surface area (Å²) >= 11 is 0. The lowest BCUT2D eigenvalue weighted by atomic mass is 9.97. The quantitative estimate of drug-likeness (QED) is 0.491. The van der Waals surface area contributed by atoms with E-state index in [2.05, 4.69) is 16.0 Å². The van der Waals surface area contributed by atoms with Gasteiger partial charge in [-0.1, -0.05) is 72.8 Å². The third-order valence-electron chi connectivity index (χ3n) is 5.55. The molecule has 2 heterocycles. The molecule has 0 saturated carbocycles. The molecule has 0 amide bonds. The number of fused-ring (bicyclic) bond motifs is 2. The molecular formula is C26H20N2O2. The second kappa shape index (κ2) is 7.48. The van der Waals surface area contributed by atoms with Crippen molar-refractivity contribution in [1.82, 2.24) is 4.57 Å². The smallest absolute Gasteiger partial charge is 0.193 e. The molecule has 1 atom stereocenters. The van der Waals surface area contributed by atoms with Crippen molar-refractivity contribution in [2.45, 2.75) is 12.6 Å². The second-order valence-corrected chi connectivity index (χ2v) is 7.43. The number of anilines is 1. The Morgan fingerprint density at radius 3 is 2.20 bits per heavy atom. The standard InChI is InChI=1S/C26H20N2O2/c29-25(18-7-2-1-3-8-18)19-12-14-20(15-13-19)26(30)24-23-11-6-16-28(23)17-21-9-4-5-10-22(21)27-24/h1-16,24,27H,17H2. The minimum Gasteiger partial charge on any atom is -0.370 e. The maximum atomic E-state index is 13.4. The molecule has 146 valence electrons. The summed E-state index contributed by atoms with van der Waals surface area (Å²) in [6.45, 7) is 0.722. The molecule has 1 unspecified atom stereocenters. The Balaban J connectivity index is 1.45. The second-order valence-electron chi connectivity index (χ2n) is 7.43. The fourth-order valence-corrected chi connectivity index (χ4v) is 3.95. The van der Waals surface area contributed by atoms with E-state index in [-0.39, 0.29) is 11.6 Å². The lowest BCUT2D eigenvalue weighted by molar-refractivity contribution is 0.0965. The maximum Gasteiger partial charge on any atom is 0.193 e. The van der Waals surface area contributed by atoms with E-state index in [0.29, 0.717) is 16.7 Å². The van der Waals surface area contributed by atoms with Gasteiger partial charge in [0, 0.05) is 40.8 Å². The molecule has 5 rings (SSSR count). The summed E-state index contributed by atoms with van der Waals surface area (Å²) in [5.41, 5.74) is 4.83. The molecule has 0 saturated heterocycles. The number of ketones is 2. The zero-order valence-electron chi connectivity index (χ0n) is 16.3. The van der Waals surface area contributed by atoms with Gasteiger partial charge in [0.2, 0.25) is 0 Å². The highest BCUT2D eigenvalue weighted by atomic mass is 16.1. The molecule has 30 heavy (non-hydrogen) atoms. The highest BCUT2D eigenvalue weighted by Crippen LogP contribution is 2.31. The van der Waals surface area contributed by atoms with E-state index in [1.54, 1.807) is 36.4 Å². The predicted octanol–water partition coefficient (Wildman–Crippen LogP) is 5.12. The van der Waals surface area contributed by atoms with E-state index in [4.69, 9.17) is 0 Å². The minimum atomic E-state index is -0.487. The number of carbonyl (C=O) groups is 2. The number of Topliss-reactive ketones (excluding diaryl/α,β-unsaturated/α-hetero) is 1. The zero-order valence-corrected chi connectivity index (χ0v) is 16.3. The number of nitrogens with one attached hydrogen (secondary N) is 1. The van der Waals surface area contributed by atoms with Crippen LogP contribution in [0.15, 0.2) is 97.2 Å². The van der Waals surface area contributed by atoms with Crippen LogP contribution in [0.25, 0.3) is 0 Å². The third-order valence-corrected chi connectivity index (χ3v) is 5.55. The number of rotatable bonds is 4. The normalized spacial score (nSPS) is 14.7. The summed E-state index contributed by atoms with van der Waals surface area (Å²) < 4.78 is 2.11. The fraction of sp³-hybridized carbons (Fsp3) is 0.0769. The largest absolute Gasteiger partial charge is 0.370 e. The summed E-state index contributed by atoms with van der Waals surface area (Å²) in [4.78, 5) is 26.1. The molecule has 0 radical (unpaired) electrons. The SMILES string of the molecule is O=C(c1ccccc1)c1ccc(C(=O)C2Nc3ccccc3Cn3cccc32)cc1. The number of para-hydroxylation sites is 1. The van der Waals surface area contributed by atoms with Gasteiger partial charge in [-0.05, 0) is 23.8 Å². The van der Waals surface area contributed by atoms with Crippen molar-refractivity contribution in [3.63, 3.8) is 0 Å². The highest BCUT2D eigenvalue weighted by molar-refractivity contribution is 6.10. The Morgan fingerprint density at radius 1 is 0.733 bits per heavy atom. The molecule has 0 bridgehead atoms. The van der Waals surface area contributed by atoms with Crippen molar-refractivity contribution in [3.8, 4) is 0 Å². The minimum absolute atomic E-state index is 0.0228. The summed E-state index contributed by atoms with van der Waals surface area (Å²) in [5.74, 6) is -0.0737. The molecule has 0 spiro atoms. The third kappa shape index (κ3) is 3.22. The van der Waals surface area contributed by atoms with Gasteiger partial charge >= 0.3 is 0 Å². The van der Waals surface area contributed by atoms with Crippen LogP contribution in [0.3, 0.4) is 0 Å². The molecule has 1 N–H and O–H groups in total. The van der Waals surface area contributed by atoms with Crippen LogP contribution in [0.5, 0.6) is 0 Å². The van der Waals surface area contributed by atoms with Crippen LogP contribution in [-0.4, -0.2) is 16.1 Å². The van der Waals surface area contributed by atoms with Gasteiger partial charge in [0.1, 0.15) is 6.04 Å². The fourth-order valence-electron chi connectivity index (χ4n) is 3.95. The average molecular weight is 392 g/mol. The molecule has 0 aliphatic carbocycles. The zero-order chi connectivity index (χ0) is 20.5. The van der Waals surface area contributed by atoms with Crippen molar-refractivity contribution >= 4 is 17.3 Å². The Morgan fingerprint density at radius 2 is 1.40 bits per heavy atom. The molecule has 0 fully saturated rings. The Hall–Kier alpha value is -3.92. The van der Waals surface area contributed by atoms with E-state index in [0.717, 1.165) is 23.5 Å². The van der Waals surface area contributed by atoms with Crippen LogP contribution in [0.1, 0.15) is 43.6 Å². The van der Waals surface area contributed by atoms with Crippen LogP contribution < -0.4 is 5.32 Å². The first kappa shape index (κ1) is 18.1. The van der Waals surface area contributed by atoms with E-state index < -0.39 is 6.04 Å². The lowest BCUT2D eigenvalue weighted by Crippen LogP contribution is -2.22. The summed E-state index contributed by atoms with van der Waals surface area (Å²) in [6.07, 6.45) is 2.00. The van der Waals surface area contributed by atoms with Crippen molar-refractivity contribution in [2.75, 3.05) is 5.32 Å². The number of benzene rings is 3. The van der Waals surface area contributed by atoms with Crippen molar-refractivity contribution < 1.29 is 9.59 Å². The van der Waals surface area contributed by atoms with Gasteiger partial charge < -0.3 is 9.88 Å². The predicted molar refractivity (Wildman–Crippen MR) is 117 cm³/mol. The van der Waals surface area contributed by atoms with Gasteiger partial charge in [0.05, 0.1) is 0 Å². The summed E-state index contributed by atoms with van der Waals surface area (Å²) in [7, 11) is 0. The number of nitrogens with zero attached hydrogens (tertiary/aromatic N) is 1. The van der Waals surface area contributed by atoms with Gasteiger partial charge in [-0.3, -0.25) is 9.59 Å². The van der Waals surface area contributed by atoms with E-state index >= 15 is 0 Å². The molecule has 4 nitrogen and oxygen atoms in total. The number of carbonyl (C=O) groups excluding carboxylic acids is 2. The van der Waals surface area contributed by atoms with E-state index in [1.807, 2.05) is 54.7 Å². The molecule has 4 aromatic rings. The Kier molecular flexibility index (Phi) is 4.52. The molecule has 1 aliphatic rings. The lowest BCUT2D eigenvalue weighted by Gasteiger charge is -2.18. The Labute approximate surface area is 174 Å². The Bertz CT molecular complexity index is 1220. The van der Waals surface area contributed by atoms with E-state index in [9.17, 15) is 9.59 Å². The first-order valence-electron chi connectivity index (χ1n) is 9.94. The average Bonchev–Trinajstić information content (AvgIpc) is 3.20. The molecule has 1 aliphatic heterocycles. The molecular weight excluding hydrogens is 372 g/mol. The van der Waals surface area contributed by atoms with Crippen molar-refractivity contribution in [2.24, 2.45) is 0 Å². The topological polar surface area (TPSA) is 51.1 Å². The van der Waals surface area contributed by atoms with Gasteiger partial charge in [-0.15, -0.1) is 0 Å². The van der Waals surface area contributed by atoms with Crippen LogP contribution in [0, 0.1) is 0 Å². The van der Waals surface area contributed by atoms with Crippen LogP contribution in [0.2, 0.25) is 0 Å². The van der Waals surface area contributed by atoms with Gasteiger partial charge in [0.25, 0.3) is 0 Å². The van der Waals surface area contributed by atoms with Gasteiger partial charge in [-0.25, -0.2) is 0 Å². The number of hydrogen-bond acceptors (Lipinski definition) is 3.